The summed E-state index contributed by atoms with van der Waals surface area (Å²) in [7, 11) is 0. The monoisotopic (exact) mass is 241 g/mol. The Morgan fingerprint density at radius 2 is 1.29 bits per heavy atom. The molecule has 0 aromatic rings. The van der Waals surface area contributed by atoms with E-state index in [0.717, 1.165) is 19.6 Å². The lowest BCUT2D eigenvalue weighted by Gasteiger charge is -2.35. The third-order valence-electron chi connectivity index (χ3n) is 3.92. The van der Waals surface area contributed by atoms with Crippen molar-refractivity contribution in [1.82, 2.24) is 14.7 Å². The molecule has 0 saturated carbocycles. The fraction of sp³-hybridized carbons (Fsp3) is 1.00. The molecule has 4 nitrogen and oxygen atoms in total. The van der Waals surface area contributed by atoms with Crippen molar-refractivity contribution in [2.45, 2.75) is 25.9 Å². The molecule has 4 heteroatoms. The molecule has 2 fully saturated rings. The van der Waals surface area contributed by atoms with Gasteiger partial charge >= 0.3 is 0 Å². The van der Waals surface area contributed by atoms with Crippen LogP contribution in [0.25, 0.3) is 0 Å². The zero-order valence-electron chi connectivity index (χ0n) is 11.1. The smallest absolute Gasteiger partial charge is 0.0639 e. The van der Waals surface area contributed by atoms with E-state index in [-0.39, 0.29) is 6.10 Å². The summed E-state index contributed by atoms with van der Waals surface area (Å²) in [6.45, 7) is 12.4. The van der Waals surface area contributed by atoms with Crippen LogP contribution in [-0.4, -0.2) is 84.8 Å². The van der Waals surface area contributed by atoms with Crippen molar-refractivity contribution < 1.29 is 5.11 Å². The Balaban J connectivity index is 1.58. The predicted molar refractivity (Wildman–Crippen MR) is 70.2 cm³/mol. The van der Waals surface area contributed by atoms with E-state index < -0.39 is 0 Å². The van der Waals surface area contributed by atoms with Crippen LogP contribution in [-0.2, 0) is 0 Å². The van der Waals surface area contributed by atoms with Gasteiger partial charge in [-0.15, -0.1) is 0 Å². The Morgan fingerprint density at radius 3 is 1.82 bits per heavy atom. The van der Waals surface area contributed by atoms with E-state index in [2.05, 4.69) is 14.7 Å². The Kier molecular flexibility index (Phi) is 5.22. The Bertz CT molecular complexity index is 209. The van der Waals surface area contributed by atoms with Crippen LogP contribution in [0.1, 0.15) is 19.8 Å². The second-order valence-electron chi connectivity index (χ2n) is 5.54. The molecule has 2 rings (SSSR count). The summed E-state index contributed by atoms with van der Waals surface area (Å²) in [6.07, 6.45) is 2.59. The highest BCUT2D eigenvalue weighted by Crippen LogP contribution is 2.08. The lowest BCUT2D eigenvalue weighted by Crippen LogP contribution is -2.49. The fourth-order valence-corrected chi connectivity index (χ4v) is 2.86. The third-order valence-corrected chi connectivity index (χ3v) is 3.92. The maximum Gasteiger partial charge on any atom is 0.0639 e. The van der Waals surface area contributed by atoms with Crippen LogP contribution in [0.5, 0.6) is 0 Å². The number of aliphatic hydroxyl groups excluding tert-OH is 1. The highest BCUT2D eigenvalue weighted by molar-refractivity contribution is 4.75. The van der Waals surface area contributed by atoms with E-state index in [4.69, 9.17) is 0 Å². The standard InChI is InChI=1S/C13H27N3O/c1-13(17)12-16-10-8-15(9-11-16)7-6-14-4-2-3-5-14/h13,17H,2-12H2,1H3. The molecular weight excluding hydrogens is 214 g/mol. The highest BCUT2D eigenvalue weighted by atomic mass is 16.3. The van der Waals surface area contributed by atoms with Gasteiger partial charge in [-0.25, -0.2) is 0 Å². The molecule has 17 heavy (non-hydrogen) atoms. The van der Waals surface area contributed by atoms with Crippen LogP contribution in [0.3, 0.4) is 0 Å². The van der Waals surface area contributed by atoms with E-state index in [1.165, 1.54) is 52.1 Å². The van der Waals surface area contributed by atoms with Crippen molar-refractivity contribution in [3.8, 4) is 0 Å². The molecule has 0 radical (unpaired) electrons. The molecule has 0 amide bonds. The van der Waals surface area contributed by atoms with Gasteiger partial charge < -0.3 is 10.0 Å². The van der Waals surface area contributed by atoms with E-state index in [1.54, 1.807) is 0 Å². The van der Waals surface area contributed by atoms with Gasteiger partial charge in [-0.1, -0.05) is 0 Å². The quantitative estimate of drug-likeness (QED) is 0.738. The molecular formula is C13H27N3O. The molecule has 1 N–H and O–H groups in total. The molecule has 2 aliphatic heterocycles. The molecule has 0 spiro atoms. The summed E-state index contributed by atoms with van der Waals surface area (Å²) in [5, 5.41) is 9.36. The molecule has 0 aromatic heterocycles. The van der Waals surface area contributed by atoms with Gasteiger partial charge in [0.25, 0.3) is 0 Å². The van der Waals surface area contributed by atoms with Crippen molar-refractivity contribution in [3.05, 3.63) is 0 Å². The topological polar surface area (TPSA) is 30.0 Å². The summed E-state index contributed by atoms with van der Waals surface area (Å²) >= 11 is 0. The number of likely N-dealkylation sites (tertiary alicyclic amines) is 1. The van der Waals surface area contributed by atoms with Crippen LogP contribution in [0, 0.1) is 0 Å². The first-order chi connectivity index (χ1) is 8.24. The van der Waals surface area contributed by atoms with Crippen molar-refractivity contribution in [2.24, 2.45) is 0 Å². The molecule has 2 saturated heterocycles. The van der Waals surface area contributed by atoms with Crippen molar-refractivity contribution in [1.29, 1.82) is 0 Å². The maximum atomic E-state index is 9.36. The Hall–Kier alpha value is -0.160. The summed E-state index contributed by atoms with van der Waals surface area (Å²) in [4.78, 5) is 7.52. The first kappa shape index (κ1) is 13.3. The molecule has 2 aliphatic rings. The van der Waals surface area contributed by atoms with Gasteiger partial charge in [0, 0.05) is 45.8 Å². The summed E-state index contributed by atoms with van der Waals surface area (Å²) in [6, 6.07) is 0. The normalized spacial score (nSPS) is 26.5. The first-order valence-electron chi connectivity index (χ1n) is 7.09. The Morgan fingerprint density at radius 1 is 0.824 bits per heavy atom. The fourth-order valence-electron chi connectivity index (χ4n) is 2.86. The highest BCUT2D eigenvalue weighted by Gasteiger charge is 2.19. The van der Waals surface area contributed by atoms with E-state index in [1.807, 2.05) is 6.92 Å². The maximum absolute atomic E-state index is 9.36. The van der Waals surface area contributed by atoms with E-state index in [9.17, 15) is 5.11 Å². The minimum atomic E-state index is -0.189. The molecule has 0 aliphatic carbocycles. The molecule has 100 valence electrons. The largest absolute Gasteiger partial charge is 0.392 e. The average Bonchev–Trinajstić information content (AvgIpc) is 2.80. The van der Waals surface area contributed by atoms with Gasteiger partial charge in [0.15, 0.2) is 0 Å². The number of hydrogen-bond donors (Lipinski definition) is 1. The number of aliphatic hydroxyl groups is 1. The molecule has 1 unspecified atom stereocenters. The van der Waals surface area contributed by atoms with Gasteiger partial charge in [-0.3, -0.25) is 9.80 Å². The van der Waals surface area contributed by atoms with Crippen molar-refractivity contribution >= 4 is 0 Å². The van der Waals surface area contributed by atoms with Gasteiger partial charge in [0.05, 0.1) is 6.10 Å². The minimum Gasteiger partial charge on any atom is -0.392 e. The summed E-state index contributed by atoms with van der Waals surface area (Å²) in [5.74, 6) is 0. The van der Waals surface area contributed by atoms with Gasteiger partial charge in [0.2, 0.25) is 0 Å². The van der Waals surface area contributed by atoms with Crippen molar-refractivity contribution in [3.63, 3.8) is 0 Å². The van der Waals surface area contributed by atoms with Gasteiger partial charge in [-0.05, 0) is 32.9 Å². The third kappa shape index (κ3) is 4.54. The summed E-state index contributed by atoms with van der Waals surface area (Å²) in [5.41, 5.74) is 0. The van der Waals surface area contributed by atoms with Crippen LogP contribution >= 0.6 is 0 Å². The number of hydrogen-bond acceptors (Lipinski definition) is 4. The zero-order valence-corrected chi connectivity index (χ0v) is 11.1. The van der Waals surface area contributed by atoms with E-state index >= 15 is 0 Å². The second kappa shape index (κ2) is 6.69. The molecule has 0 aromatic carbocycles. The molecule has 1 atom stereocenters. The van der Waals surface area contributed by atoms with Gasteiger partial charge in [0.1, 0.15) is 0 Å². The predicted octanol–water partition coefficient (Wildman–Crippen LogP) is 0.0806. The number of rotatable bonds is 5. The van der Waals surface area contributed by atoms with Crippen LogP contribution in [0.2, 0.25) is 0 Å². The number of piperazine rings is 1. The molecule has 0 bridgehead atoms. The SMILES string of the molecule is CC(O)CN1CCN(CCN2CCCC2)CC1. The van der Waals surface area contributed by atoms with Gasteiger partial charge in [-0.2, -0.15) is 0 Å². The second-order valence-corrected chi connectivity index (χ2v) is 5.54. The van der Waals surface area contributed by atoms with Crippen LogP contribution in [0.15, 0.2) is 0 Å². The average molecular weight is 241 g/mol. The Labute approximate surface area is 105 Å². The minimum absolute atomic E-state index is 0.189. The van der Waals surface area contributed by atoms with Crippen LogP contribution < -0.4 is 0 Å². The van der Waals surface area contributed by atoms with Crippen LogP contribution in [0.4, 0.5) is 0 Å². The summed E-state index contributed by atoms with van der Waals surface area (Å²) < 4.78 is 0. The first-order valence-corrected chi connectivity index (χ1v) is 7.09. The lowest BCUT2D eigenvalue weighted by atomic mass is 10.2. The zero-order chi connectivity index (χ0) is 12.1. The van der Waals surface area contributed by atoms with Crippen molar-refractivity contribution in [2.75, 3.05) is 58.9 Å². The number of nitrogens with zero attached hydrogens (tertiary/aromatic N) is 3. The molecule has 2 heterocycles. The number of β-amino-alcohol motifs (C(OH)–C–C–N with tert-alkyl or cyclic N) is 1. The van der Waals surface area contributed by atoms with E-state index in [0.29, 0.717) is 0 Å². The lowest BCUT2D eigenvalue weighted by molar-refractivity contribution is 0.0772.